The first kappa shape index (κ1) is 48.6. The highest BCUT2D eigenvalue weighted by Crippen LogP contribution is 2.30. The first-order valence-electron chi connectivity index (χ1n) is 21.4. The summed E-state index contributed by atoms with van der Waals surface area (Å²) in [7, 11) is 0. The third-order valence-electron chi connectivity index (χ3n) is 12.3. The Morgan fingerprint density at radius 1 is 0.540 bits per heavy atom. The van der Waals surface area contributed by atoms with Gasteiger partial charge >= 0.3 is 0 Å². The van der Waals surface area contributed by atoms with Gasteiger partial charge in [0.15, 0.2) is 12.2 Å². The lowest BCUT2D eigenvalue weighted by Gasteiger charge is -2.34. The van der Waals surface area contributed by atoms with E-state index in [1.54, 1.807) is 13.8 Å². The molecule has 0 bridgehead atoms. The molecule has 24 heteroatoms. The summed E-state index contributed by atoms with van der Waals surface area (Å²) in [4.78, 5) is 137. The molecule has 0 saturated carbocycles. The van der Waals surface area contributed by atoms with Crippen LogP contribution in [0, 0.1) is 5.92 Å². The van der Waals surface area contributed by atoms with Gasteiger partial charge < -0.3 is 72.4 Å². The van der Waals surface area contributed by atoms with Gasteiger partial charge in [0.25, 0.3) is 11.8 Å². The summed E-state index contributed by atoms with van der Waals surface area (Å²) in [6.45, 7) is 3.70. The predicted molar refractivity (Wildman–Crippen MR) is 214 cm³/mol. The fraction of sp³-hybridized carbons (Fsp3) is 0.744. The van der Waals surface area contributed by atoms with Crippen LogP contribution in [0.25, 0.3) is 0 Å². The highest BCUT2D eigenvalue weighted by atomic mass is 16.6. The molecule has 5 fully saturated rings. The van der Waals surface area contributed by atoms with Crippen molar-refractivity contribution in [2.24, 2.45) is 17.4 Å². The van der Waals surface area contributed by atoms with E-state index in [9.17, 15) is 63.3 Å². The minimum atomic E-state index is -1.53. The zero-order valence-electron chi connectivity index (χ0n) is 35.6. The number of likely N-dealkylation sites (tertiary alicyclic amines) is 4. The average molecular weight is 893 g/mol. The Balaban J connectivity index is 1.16. The summed E-state index contributed by atoms with van der Waals surface area (Å²) in [5.74, 6) is -7.86. The minimum absolute atomic E-state index is 0.107. The predicted octanol–water partition coefficient (Wildman–Crippen LogP) is -6.35. The largest absolute Gasteiger partial charge is 0.394 e. The van der Waals surface area contributed by atoms with Crippen molar-refractivity contribution in [1.29, 1.82) is 0 Å². The van der Waals surface area contributed by atoms with Gasteiger partial charge in [-0.05, 0) is 64.2 Å². The molecule has 11 N–H and O–H groups in total. The summed E-state index contributed by atoms with van der Waals surface area (Å²) in [6.07, 6.45) is -1.16. The lowest BCUT2D eigenvalue weighted by molar-refractivity contribution is -0.151. The van der Waals surface area contributed by atoms with E-state index in [0.29, 0.717) is 38.5 Å². The monoisotopic (exact) mass is 892 g/mol. The lowest BCUT2D eigenvalue weighted by atomic mass is 10.0. The van der Waals surface area contributed by atoms with Crippen molar-refractivity contribution in [2.45, 2.75) is 139 Å². The maximum atomic E-state index is 14.1. The van der Waals surface area contributed by atoms with Crippen LogP contribution in [0.2, 0.25) is 0 Å². The van der Waals surface area contributed by atoms with Gasteiger partial charge in [0.2, 0.25) is 47.3 Å². The molecule has 63 heavy (non-hydrogen) atoms. The summed E-state index contributed by atoms with van der Waals surface area (Å²) < 4.78 is 5.34. The second-order valence-corrected chi connectivity index (χ2v) is 17.0. The van der Waals surface area contributed by atoms with Crippen molar-refractivity contribution in [2.75, 3.05) is 39.4 Å². The Bertz CT molecular complexity index is 1820. The van der Waals surface area contributed by atoms with Gasteiger partial charge in [-0.25, -0.2) is 0 Å². The van der Waals surface area contributed by atoms with Crippen LogP contribution in [-0.4, -0.2) is 200 Å². The number of ether oxygens (including phenoxy) is 1. The van der Waals surface area contributed by atoms with Crippen LogP contribution >= 0.6 is 0 Å². The van der Waals surface area contributed by atoms with Crippen LogP contribution in [0.1, 0.15) is 72.1 Å². The van der Waals surface area contributed by atoms with Crippen molar-refractivity contribution < 1.29 is 68.0 Å². The molecule has 0 aromatic rings. The molecule has 10 amide bonds. The maximum Gasteiger partial charge on any atom is 0.253 e. The summed E-state index contributed by atoms with van der Waals surface area (Å²) in [5, 5.41) is 39.3. The van der Waals surface area contributed by atoms with Crippen LogP contribution < -0.4 is 32.7 Å². The van der Waals surface area contributed by atoms with E-state index in [0.717, 1.165) is 0 Å². The van der Waals surface area contributed by atoms with Crippen LogP contribution in [0.3, 0.4) is 0 Å². The molecule has 5 heterocycles. The van der Waals surface area contributed by atoms with Gasteiger partial charge in [0.1, 0.15) is 48.3 Å². The molecule has 0 radical (unpaired) electrons. The van der Waals surface area contributed by atoms with Gasteiger partial charge in [-0.2, -0.15) is 0 Å². The standard InChI is InChI=1S/C39H60N10O14/c1-18(2)26(39(62)47-13-5-9-23(47)33(56)45-27(19(3)52)31(41)54)44-35(58)29-28(63-29)34(57)43-21(17-51)36(59)48-14-6-10-24(48)38(61)49-15-7-11-25(49)37(60)46-12-4-8-22(46)32(55)42-20(16-50)30(40)53/h18-29,50-52H,4-17H2,1-3H3,(H2,40,53)(H2,41,54)(H,42,55)(H,43,57)(H,44,58)(H,45,56)/t19-,20+,21+,22+,23+,24+,25+,26+,27+,28-,29-/m1/s1. The number of amides is 10. The van der Waals surface area contributed by atoms with Crippen LogP contribution in [-0.2, 0) is 52.7 Å². The second kappa shape index (κ2) is 20.8. The fourth-order valence-electron chi connectivity index (χ4n) is 8.80. The Morgan fingerprint density at radius 2 is 0.937 bits per heavy atom. The first-order valence-corrected chi connectivity index (χ1v) is 21.4. The number of nitrogens with zero attached hydrogens (tertiary/aromatic N) is 4. The molecule has 11 atom stereocenters. The highest BCUT2D eigenvalue weighted by molar-refractivity contribution is 6.01. The topological polar surface area (TPSA) is 357 Å². The van der Waals surface area contributed by atoms with Gasteiger partial charge in [-0.15, -0.1) is 0 Å². The van der Waals surface area contributed by atoms with Crippen LogP contribution in [0.5, 0.6) is 0 Å². The zero-order valence-corrected chi connectivity index (χ0v) is 35.6. The molecule has 0 spiro atoms. The number of rotatable bonds is 18. The minimum Gasteiger partial charge on any atom is -0.394 e. The van der Waals surface area contributed by atoms with Crippen molar-refractivity contribution in [1.82, 2.24) is 40.9 Å². The van der Waals surface area contributed by atoms with E-state index in [2.05, 4.69) is 21.3 Å². The molecule has 5 saturated heterocycles. The smallest absolute Gasteiger partial charge is 0.253 e. The van der Waals surface area contributed by atoms with Crippen molar-refractivity contribution in [3.8, 4) is 0 Å². The van der Waals surface area contributed by atoms with Gasteiger partial charge in [-0.1, -0.05) is 13.8 Å². The van der Waals surface area contributed by atoms with Crippen molar-refractivity contribution in [3.05, 3.63) is 0 Å². The molecular weight excluding hydrogens is 832 g/mol. The number of aliphatic hydroxyl groups is 3. The number of nitrogens with two attached hydrogens (primary N) is 2. The maximum absolute atomic E-state index is 14.1. The van der Waals surface area contributed by atoms with E-state index < -0.39 is 145 Å². The van der Waals surface area contributed by atoms with Gasteiger partial charge in [0.05, 0.1) is 19.3 Å². The quantitative estimate of drug-likeness (QED) is 0.0579. The van der Waals surface area contributed by atoms with Gasteiger partial charge in [-0.3, -0.25) is 47.9 Å². The molecule has 350 valence electrons. The summed E-state index contributed by atoms with van der Waals surface area (Å²) in [6, 6.07) is -9.34. The van der Waals surface area contributed by atoms with E-state index in [4.69, 9.17) is 16.2 Å². The molecule has 0 aliphatic carbocycles. The lowest BCUT2D eigenvalue weighted by Crippen LogP contribution is -2.59. The third-order valence-corrected chi connectivity index (χ3v) is 12.3. The molecule has 5 rings (SSSR count). The van der Waals surface area contributed by atoms with E-state index in [-0.39, 0.29) is 39.0 Å². The molecule has 5 aliphatic rings. The Morgan fingerprint density at radius 3 is 1.41 bits per heavy atom. The Hall–Kier alpha value is -5.46. The molecular formula is C39H60N10O14. The van der Waals surface area contributed by atoms with Crippen molar-refractivity contribution >= 4 is 59.1 Å². The zero-order chi connectivity index (χ0) is 46.4. The summed E-state index contributed by atoms with van der Waals surface area (Å²) in [5.41, 5.74) is 10.5. The Kier molecular flexibility index (Phi) is 16.0. The molecule has 5 aliphatic heterocycles. The number of aliphatic hydroxyl groups excluding tert-OH is 3. The molecule has 0 aromatic carbocycles. The van der Waals surface area contributed by atoms with Crippen molar-refractivity contribution in [3.63, 3.8) is 0 Å². The number of hydrogen-bond donors (Lipinski definition) is 9. The normalized spacial score (nSPS) is 26.7. The molecule has 0 unspecified atom stereocenters. The van der Waals surface area contributed by atoms with Crippen LogP contribution in [0.4, 0.5) is 0 Å². The van der Waals surface area contributed by atoms with E-state index >= 15 is 0 Å². The fourth-order valence-corrected chi connectivity index (χ4v) is 8.80. The number of hydrogen-bond acceptors (Lipinski definition) is 14. The first-order chi connectivity index (χ1) is 29.8. The SMILES string of the molecule is CC(C)[C@H](NC(=O)[C@@H]1O[C@H]1C(=O)N[C@@H](CO)C(=O)N1CCC[C@H]1C(=O)N1CCC[C@H]1C(=O)N1CCC[C@H]1C(=O)N[C@@H](CO)C(N)=O)C(=O)N1CCC[C@H]1C(=O)N[C@H](C(N)=O)[C@@H](C)O. The Labute approximate surface area is 363 Å². The summed E-state index contributed by atoms with van der Waals surface area (Å²) >= 11 is 0. The second-order valence-electron chi connectivity index (χ2n) is 17.0. The number of nitrogens with one attached hydrogen (secondary N) is 4. The van der Waals surface area contributed by atoms with E-state index in [1.165, 1.54) is 26.5 Å². The number of epoxide rings is 1. The molecule has 0 aromatic heterocycles. The number of primary amides is 2. The number of carbonyl (C=O) groups is 10. The molecule has 24 nitrogen and oxygen atoms in total. The third kappa shape index (κ3) is 10.8. The highest BCUT2D eigenvalue weighted by Gasteiger charge is 2.53. The average Bonchev–Trinajstić information content (AvgIpc) is 3.79. The van der Waals surface area contributed by atoms with E-state index in [1.807, 2.05) is 0 Å². The number of carbonyl (C=O) groups excluding carboxylic acids is 10. The van der Waals surface area contributed by atoms with Gasteiger partial charge in [0, 0.05) is 26.2 Å². The van der Waals surface area contributed by atoms with Crippen LogP contribution in [0.15, 0.2) is 0 Å².